The molecule has 11 heavy (non-hydrogen) atoms. The van der Waals surface area contributed by atoms with Crippen molar-refractivity contribution in [2.24, 2.45) is 0 Å². The third kappa shape index (κ3) is 2.89. The number of aliphatic hydroxyl groups excluding tert-OH is 1. The summed E-state index contributed by atoms with van der Waals surface area (Å²) in [7, 11) is 0. The van der Waals surface area contributed by atoms with Gasteiger partial charge < -0.3 is 5.11 Å². The third-order valence-corrected chi connectivity index (χ3v) is 2.14. The number of aliphatic hydroxyl groups is 1. The standard InChI is InChI=1S/C10H16O/c1-2-10(11)8-9-6-4-3-5-7-9/h2,8,10-11H,1,3-7H2. The van der Waals surface area contributed by atoms with Crippen molar-refractivity contribution in [3.05, 3.63) is 24.3 Å². The average molecular weight is 152 g/mol. The van der Waals surface area contributed by atoms with E-state index in [-0.39, 0.29) is 0 Å². The third-order valence-electron chi connectivity index (χ3n) is 2.14. The van der Waals surface area contributed by atoms with Crippen LogP contribution in [0.25, 0.3) is 0 Å². The van der Waals surface area contributed by atoms with E-state index in [1.54, 1.807) is 6.08 Å². The number of hydrogen-bond acceptors (Lipinski definition) is 1. The fourth-order valence-electron chi connectivity index (χ4n) is 1.48. The largest absolute Gasteiger partial charge is 0.385 e. The van der Waals surface area contributed by atoms with E-state index in [9.17, 15) is 5.11 Å². The van der Waals surface area contributed by atoms with Gasteiger partial charge in [-0.25, -0.2) is 0 Å². The van der Waals surface area contributed by atoms with Crippen molar-refractivity contribution in [2.45, 2.75) is 38.2 Å². The number of rotatable bonds is 2. The van der Waals surface area contributed by atoms with Crippen LogP contribution in [0, 0.1) is 0 Å². The molecule has 1 aliphatic carbocycles. The predicted molar refractivity (Wildman–Crippen MR) is 47.4 cm³/mol. The first kappa shape index (κ1) is 8.54. The predicted octanol–water partition coefficient (Wildman–Crippen LogP) is 2.42. The Morgan fingerprint density at radius 1 is 1.27 bits per heavy atom. The monoisotopic (exact) mass is 152 g/mol. The summed E-state index contributed by atoms with van der Waals surface area (Å²) in [6.45, 7) is 3.53. The Bertz CT molecular complexity index is 150. The van der Waals surface area contributed by atoms with Gasteiger partial charge in [0.25, 0.3) is 0 Å². The second kappa shape index (κ2) is 4.35. The fourth-order valence-corrected chi connectivity index (χ4v) is 1.48. The van der Waals surface area contributed by atoms with Crippen LogP contribution in [0.15, 0.2) is 24.3 Å². The first-order valence-corrected chi connectivity index (χ1v) is 4.33. The molecule has 0 aromatic carbocycles. The van der Waals surface area contributed by atoms with Crippen LogP contribution >= 0.6 is 0 Å². The molecule has 0 aliphatic heterocycles. The summed E-state index contributed by atoms with van der Waals surface area (Å²) in [4.78, 5) is 0. The van der Waals surface area contributed by atoms with Crippen LogP contribution in [-0.2, 0) is 0 Å². The highest BCUT2D eigenvalue weighted by Gasteiger charge is 2.05. The van der Waals surface area contributed by atoms with E-state index < -0.39 is 6.10 Å². The second-order valence-electron chi connectivity index (χ2n) is 3.11. The molecule has 0 spiro atoms. The summed E-state index contributed by atoms with van der Waals surface area (Å²) in [5.41, 5.74) is 1.41. The Morgan fingerprint density at radius 2 is 1.91 bits per heavy atom. The molecule has 0 aromatic heterocycles. The van der Waals surface area contributed by atoms with E-state index in [2.05, 4.69) is 6.58 Å². The van der Waals surface area contributed by atoms with Crippen molar-refractivity contribution < 1.29 is 5.11 Å². The van der Waals surface area contributed by atoms with Crippen LogP contribution in [0.5, 0.6) is 0 Å². The Labute approximate surface area is 68.4 Å². The van der Waals surface area contributed by atoms with Crippen molar-refractivity contribution in [3.8, 4) is 0 Å². The molecule has 1 aliphatic rings. The highest BCUT2D eigenvalue weighted by molar-refractivity contribution is 5.10. The lowest BCUT2D eigenvalue weighted by molar-refractivity contribution is 0.270. The molecule has 1 nitrogen and oxygen atoms in total. The van der Waals surface area contributed by atoms with E-state index in [0.29, 0.717) is 0 Å². The first-order chi connectivity index (χ1) is 5.33. The molecular weight excluding hydrogens is 136 g/mol. The van der Waals surface area contributed by atoms with Gasteiger partial charge in [-0.15, -0.1) is 6.58 Å². The summed E-state index contributed by atoms with van der Waals surface area (Å²) in [6.07, 6.45) is 9.35. The van der Waals surface area contributed by atoms with E-state index in [4.69, 9.17) is 0 Å². The summed E-state index contributed by atoms with van der Waals surface area (Å²) >= 11 is 0. The molecule has 0 saturated heterocycles. The molecular formula is C10H16O. The van der Waals surface area contributed by atoms with Crippen LogP contribution in [0.2, 0.25) is 0 Å². The van der Waals surface area contributed by atoms with Gasteiger partial charge >= 0.3 is 0 Å². The minimum Gasteiger partial charge on any atom is -0.385 e. The van der Waals surface area contributed by atoms with Gasteiger partial charge in [-0.05, 0) is 25.7 Å². The summed E-state index contributed by atoms with van der Waals surface area (Å²) in [5.74, 6) is 0. The van der Waals surface area contributed by atoms with Gasteiger partial charge in [0.1, 0.15) is 0 Å². The maximum atomic E-state index is 9.22. The molecule has 0 bridgehead atoms. The number of hydrogen-bond donors (Lipinski definition) is 1. The Balaban J connectivity index is 2.42. The normalized spacial score (nSPS) is 21.0. The zero-order chi connectivity index (χ0) is 8.10. The summed E-state index contributed by atoms with van der Waals surface area (Å²) in [6, 6.07) is 0. The van der Waals surface area contributed by atoms with Crippen molar-refractivity contribution in [2.75, 3.05) is 0 Å². The Morgan fingerprint density at radius 3 is 2.45 bits per heavy atom. The van der Waals surface area contributed by atoms with Gasteiger partial charge in [-0.2, -0.15) is 0 Å². The topological polar surface area (TPSA) is 20.2 Å². The smallest absolute Gasteiger partial charge is 0.0902 e. The van der Waals surface area contributed by atoms with Crippen LogP contribution in [-0.4, -0.2) is 11.2 Å². The fraction of sp³-hybridized carbons (Fsp3) is 0.600. The lowest BCUT2D eigenvalue weighted by atomic mass is 9.94. The molecule has 0 aromatic rings. The van der Waals surface area contributed by atoms with Crippen molar-refractivity contribution >= 4 is 0 Å². The number of allylic oxidation sites excluding steroid dienone is 1. The molecule has 1 atom stereocenters. The molecule has 1 fully saturated rings. The van der Waals surface area contributed by atoms with Crippen LogP contribution < -0.4 is 0 Å². The summed E-state index contributed by atoms with van der Waals surface area (Å²) in [5, 5.41) is 9.22. The van der Waals surface area contributed by atoms with Crippen molar-refractivity contribution in [3.63, 3.8) is 0 Å². The van der Waals surface area contributed by atoms with Gasteiger partial charge in [0.2, 0.25) is 0 Å². The lowest BCUT2D eigenvalue weighted by Gasteiger charge is -2.14. The minimum atomic E-state index is -0.428. The first-order valence-electron chi connectivity index (χ1n) is 4.33. The molecule has 0 amide bonds. The SMILES string of the molecule is C=CC(O)C=C1CCCCC1. The van der Waals surface area contributed by atoms with Crippen molar-refractivity contribution in [1.82, 2.24) is 0 Å². The zero-order valence-corrected chi connectivity index (χ0v) is 6.92. The molecule has 1 rings (SSSR count). The maximum Gasteiger partial charge on any atom is 0.0902 e. The van der Waals surface area contributed by atoms with Gasteiger partial charge in [-0.1, -0.05) is 24.1 Å². The minimum absolute atomic E-state index is 0.428. The van der Waals surface area contributed by atoms with Gasteiger partial charge in [0.15, 0.2) is 0 Å². The van der Waals surface area contributed by atoms with Crippen molar-refractivity contribution in [1.29, 1.82) is 0 Å². The van der Waals surface area contributed by atoms with Gasteiger partial charge in [0, 0.05) is 0 Å². The van der Waals surface area contributed by atoms with E-state index >= 15 is 0 Å². The van der Waals surface area contributed by atoms with Gasteiger partial charge in [0.05, 0.1) is 6.10 Å². The van der Waals surface area contributed by atoms with Gasteiger partial charge in [-0.3, -0.25) is 0 Å². The second-order valence-corrected chi connectivity index (χ2v) is 3.11. The molecule has 1 saturated carbocycles. The van der Waals surface area contributed by atoms with E-state index in [1.807, 2.05) is 6.08 Å². The Hall–Kier alpha value is -0.560. The van der Waals surface area contributed by atoms with Crippen LogP contribution in [0.1, 0.15) is 32.1 Å². The maximum absolute atomic E-state index is 9.22. The molecule has 0 radical (unpaired) electrons. The highest BCUT2D eigenvalue weighted by atomic mass is 16.3. The molecule has 0 heterocycles. The molecule has 1 heteroatoms. The summed E-state index contributed by atoms with van der Waals surface area (Å²) < 4.78 is 0. The van der Waals surface area contributed by atoms with Crippen LogP contribution in [0.4, 0.5) is 0 Å². The quantitative estimate of drug-likeness (QED) is 0.602. The van der Waals surface area contributed by atoms with E-state index in [1.165, 1.54) is 37.7 Å². The van der Waals surface area contributed by atoms with Crippen LogP contribution in [0.3, 0.4) is 0 Å². The average Bonchev–Trinajstić information content (AvgIpc) is 2.06. The zero-order valence-electron chi connectivity index (χ0n) is 6.92. The van der Waals surface area contributed by atoms with E-state index in [0.717, 1.165) is 0 Å². The lowest BCUT2D eigenvalue weighted by Crippen LogP contribution is -2.01. The molecule has 1 N–H and O–H groups in total. The molecule has 62 valence electrons. The Kier molecular flexibility index (Phi) is 3.37. The molecule has 1 unspecified atom stereocenters. The highest BCUT2D eigenvalue weighted by Crippen LogP contribution is 2.22.